The van der Waals surface area contributed by atoms with Crippen molar-refractivity contribution in [2.24, 2.45) is 0 Å². The van der Waals surface area contributed by atoms with E-state index in [1.165, 1.54) is 0 Å². The van der Waals surface area contributed by atoms with Gasteiger partial charge in [-0.3, -0.25) is 9.59 Å². The average molecular weight is 403 g/mol. The van der Waals surface area contributed by atoms with Crippen LogP contribution in [-0.4, -0.2) is 35.8 Å². The number of hydrogen-bond acceptors (Lipinski definition) is 5. The monoisotopic (exact) mass is 403 g/mol. The lowest BCUT2D eigenvalue weighted by Crippen LogP contribution is -2.22. The van der Waals surface area contributed by atoms with E-state index in [9.17, 15) is 9.59 Å². The number of fused-ring (bicyclic) bond motifs is 2. The van der Waals surface area contributed by atoms with E-state index in [-0.39, 0.29) is 17.9 Å². The van der Waals surface area contributed by atoms with Crippen LogP contribution in [-0.2, 0) is 16.1 Å². The van der Waals surface area contributed by atoms with E-state index in [0.717, 1.165) is 0 Å². The van der Waals surface area contributed by atoms with Gasteiger partial charge in [-0.15, -0.1) is 0 Å². The predicted octanol–water partition coefficient (Wildman–Crippen LogP) is 3.21. The zero-order chi connectivity index (χ0) is 20.9. The highest BCUT2D eigenvalue weighted by molar-refractivity contribution is 5.97. The van der Waals surface area contributed by atoms with Gasteiger partial charge in [0, 0.05) is 24.1 Å². The molecule has 4 aromatic rings. The average Bonchev–Trinajstić information content (AvgIpc) is 2.78. The van der Waals surface area contributed by atoms with E-state index in [2.05, 4.69) is 10.3 Å². The molecule has 0 atom stereocenters. The molecule has 4 rings (SSSR count). The minimum atomic E-state index is -0.251. The Morgan fingerprint density at radius 2 is 1.63 bits per heavy atom. The maximum Gasteiger partial charge on any atom is 0.244 e. The van der Waals surface area contributed by atoms with Gasteiger partial charge in [-0.05, 0) is 36.4 Å². The van der Waals surface area contributed by atoms with Crippen LogP contribution in [0.5, 0.6) is 5.88 Å². The van der Waals surface area contributed by atoms with Crippen LogP contribution in [0.4, 0.5) is 5.69 Å². The van der Waals surface area contributed by atoms with Crippen LogP contribution in [0.1, 0.15) is 0 Å². The molecule has 0 aliphatic carbocycles. The van der Waals surface area contributed by atoms with Gasteiger partial charge in [-0.2, -0.15) is 0 Å². The van der Waals surface area contributed by atoms with Crippen molar-refractivity contribution < 1.29 is 14.3 Å². The Labute approximate surface area is 172 Å². The van der Waals surface area contributed by atoms with Gasteiger partial charge in [0.1, 0.15) is 18.8 Å². The molecule has 0 aliphatic rings. The van der Waals surface area contributed by atoms with Gasteiger partial charge >= 0.3 is 0 Å². The summed E-state index contributed by atoms with van der Waals surface area (Å²) >= 11 is 0. The van der Waals surface area contributed by atoms with Gasteiger partial charge in [0.15, 0.2) is 5.43 Å². The Morgan fingerprint density at radius 3 is 2.30 bits per heavy atom. The smallest absolute Gasteiger partial charge is 0.244 e. The fraction of sp³-hybridized carbons (Fsp3) is 0.174. The molecule has 0 radical (unpaired) electrons. The highest BCUT2D eigenvalue weighted by Crippen LogP contribution is 2.22. The van der Waals surface area contributed by atoms with Crippen molar-refractivity contribution in [1.29, 1.82) is 0 Å². The summed E-state index contributed by atoms with van der Waals surface area (Å²) in [6.07, 6.45) is 1.60. The molecule has 0 spiro atoms. The second-order valence-electron chi connectivity index (χ2n) is 6.70. The normalized spacial score (nSPS) is 11.0. The molecule has 0 fully saturated rings. The summed E-state index contributed by atoms with van der Waals surface area (Å²) in [7, 11) is 1.59. The Bertz CT molecular complexity index is 1210. The Hall–Kier alpha value is -3.71. The van der Waals surface area contributed by atoms with E-state index < -0.39 is 0 Å². The molecular formula is C23H21N3O4. The number of rotatable bonds is 7. The van der Waals surface area contributed by atoms with Crippen molar-refractivity contribution in [1.82, 2.24) is 9.55 Å². The lowest BCUT2D eigenvalue weighted by Gasteiger charge is -2.16. The molecule has 0 unspecified atom stereocenters. The van der Waals surface area contributed by atoms with Crippen LogP contribution >= 0.6 is 0 Å². The summed E-state index contributed by atoms with van der Waals surface area (Å²) < 4.78 is 12.4. The number of nitrogens with zero attached hydrogens (tertiary/aromatic N) is 2. The zero-order valence-electron chi connectivity index (χ0n) is 16.5. The molecule has 0 saturated carbocycles. The van der Waals surface area contributed by atoms with Crippen molar-refractivity contribution in [3.8, 4) is 5.88 Å². The number of amides is 1. The largest absolute Gasteiger partial charge is 0.474 e. The first-order valence-electron chi connectivity index (χ1n) is 9.56. The second-order valence-corrected chi connectivity index (χ2v) is 6.70. The Kier molecular flexibility index (Phi) is 5.72. The Balaban J connectivity index is 1.68. The molecule has 0 saturated heterocycles. The van der Waals surface area contributed by atoms with Crippen molar-refractivity contribution >= 4 is 33.4 Å². The highest BCUT2D eigenvalue weighted by Gasteiger charge is 2.14. The van der Waals surface area contributed by atoms with Crippen molar-refractivity contribution in [3.05, 3.63) is 77.1 Å². The summed E-state index contributed by atoms with van der Waals surface area (Å²) in [5.41, 5.74) is 1.85. The lowest BCUT2D eigenvalue weighted by molar-refractivity contribution is -0.116. The standard InChI is InChI=1S/C23H21N3O4/c1-29-13-14-30-23-18(9-6-12-24-23)25-21(27)15-26-19-10-4-2-7-16(19)22(28)17-8-3-5-11-20(17)26/h2-12H,13-15H2,1H3,(H,25,27). The summed E-state index contributed by atoms with van der Waals surface area (Å²) in [5, 5.41) is 4.02. The molecule has 0 bridgehead atoms. The summed E-state index contributed by atoms with van der Waals surface area (Å²) in [4.78, 5) is 29.9. The molecule has 0 aliphatic heterocycles. The van der Waals surface area contributed by atoms with Crippen LogP contribution < -0.4 is 15.5 Å². The van der Waals surface area contributed by atoms with Gasteiger partial charge < -0.3 is 19.4 Å². The fourth-order valence-electron chi connectivity index (χ4n) is 3.40. The highest BCUT2D eigenvalue weighted by atomic mass is 16.5. The van der Waals surface area contributed by atoms with Crippen LogP contribution in [0.25, 0.3) is 21.8 Å². The molecule has 1 amide bonds. The number of para-hydroxylation sites is 2. The number of aromatic nitrogens is 2. The third-order valence-electron chi connectivity index (χ3n) is 4.75. The molecule has 2 heterocycles. The van der Waals surface area contributed by atoms with E-state index in [4.69, 9.17) is 9.47 Å². The number of nitrogens with one attached hydrogen (secondary N) is 1. The first-order chi connectivity index (χ1) is 14.7. The number of hydrogen-bond donors (Lipinski definition) is 1. The summed E-state index contributed by atoms with van der Waals surface area (Å²) in [5.74, 6) is 0.0797. The fourth-order valence-corrected chi connectivity index (χ4v) is 3.40. The van der Waals surface area contributed by atoms with Gasteiger partial charge in [-0.25, -0.2) is 4.98 Å². The molecule has 152 valence electrons. The number of methoxy groups -OCH3 is 1. The molecule has 2 aromatic carbocycles. The third kappa shape index (κ3) is 3.88. The predicted molar refractivity (Wildman–Crippen MR) is 116 cm³/mol. The maximum absolute atomic E-state index is 12.9. The number of pyridine rings is 2. The topological polar surface area (TPSA) is 82.4 Å². The molecule has 1 N–H and O–H groups in total. The van der Waals surface area contributed by atoms with Gasteiger partial charge in [0.2, 0.25) is 11.8 Å². The number of carbonyl (C=O) groups excluding carboxylic acids is 1. The lowest BCUT2D eigenvalue weighted by atomic mass is 10.1. The van der Waals surface area contributed by atoms with E-state index >= 15 is 0 Å². The molecular weight excluding hydrogens is 382 g/mol. The van der Waals surface area contributed by atoms with E-state index in [0.29, 0.717) is 46.6 Å². The van der Waals surface area contributed by atoms with Crippen LogP contribution in [0, 0.1) is 0 Å². The molecule has 7 heteroatoms. The van der Waals surface area contributed by atoms with Crippen LogP contribution in [0.3, 0.4) is 0 Å². The van der Waals surface area contributed by atoms with Gasteiger partial charge in [-0.1, -0.05) is 24.3 Å². The van der Waals surface area contributed by atoms with E-state index in [1.807, 2.05) is 41.0 Å². The minimum Gasteiger partial charge on any atom is -0.474 e. The van der Waals surface area contributed by atoms with Gasteiger partial charge in [0.25, 0.3) is 0 Å². The molecule has 2 aromatic heterocycles. The first kappa shape index (κ1) is 19.6. The minimum absolute atomic E-state index is 0.0354. The van der Waals surface area contributed by atoms with Crippen molar-refractivity contribution in [3.63, 3.8) is 0 Å². The second kappa shape index (κ2) is 8.75. The first-order valence-corrected chi connectivity index (χ1v) is 9.56. The van der Waals surface area contributed by atoms with Crippen LogP contribution in [0.15, 0.2) is 71.7 Å². The Morgan fingerprint density at radius 1 is 0.967 bits per heavy atom. The number of anilines is 1. The maximum atomic E-state index is 12.9. The van der Waals surface area contributed by atoms with Crippen LogP contribution in [0.2, 0.25) is 0 Å². The molecule has 7 nitrogen and oxygen atoms in total. The summed E-state index contributed by atoms with van der Waals surface area (Å²) in [6, 6.07) is 18.1. The zero-order valence-corrected chi connectivity index (χ0v) is 16.5. The van der Waals surface area contributed by atoms with Gasteiger partial charge in [0.05, 0.1) is 17.6 Å². The van der Waals surface area contributed by atoms with Crippen molar-refractivity contribution in [2.45, 2.75) is 6.54 Å². The van der Waals surface area contributed by atoms with E-state index in [1.54, 1.807) is 37.6 Å². The third-order valence-corrected chi connectivity index (χ3v) is 4.75. The number of benzene rings is 2. The molecule has 30 heavy (non-hydrogen) atoms. The quantitative estimate of drug-likeness (QED) is 0.378. The number of ether oxygens (including phenoxy) is 2. The SMILES string of the molecule is COCCOc1ncccc1NC(=O)Cn1c2ccccc2c(=O)c2ccccc21. The summed E-state index contributed by atoms with van der Waals surface area (Å²) in [6.45, 7) is 0.776. The number of carbonyl (C=O) groups is 1. The van der Waals surface area contributed by atoms with Crippen molar-refractivity contribution in [2.75, 3.05) is 25.6 Å².